The van der Waals surface area contributed by atoms with E-state index in [-0.39, 0.29) is 54.7 Å². The van der Waals surface area contributed by atoms with Crippen LogP contribution in [0.25, 0.3) is 0 Å². The molecule has 6 aliphatic heterocycles. The minimum absolute atomic E-state index is 0.0231. The number of thiazole rings is 1. The lowest BCUT2D eigenvalue weighted by Crippen LogP contribution is -2.56. The van der Waals surface area contributed by atoms with E-state index >= 15 is 0 Å². The molecule has 246 valence electrons. The first-order valence-electron chi connectivity index (χ1n) is 16.6. The van der Waals surface area contributed by atoms with E-state index in [2.05, 4.69) is 22.8 Å². The molecule has 1 aromatic carbocycles. The molecule has 8 rings (SSSR count). The van der Waals surface area contributed by atoms with Crippen LogP contribution in [0.4, 0.5) is 4.79 Å². The number of rotatable bonds is 3. The molecule has 6 aliphatic rings. The number of carbonyl (C=O) groups is 4. The van der Waals surface area contributed by atoms with Crippen LogP contribution in [0.2, 0.25) is 0 Å². The number of fused-ring (bicyclic) bond motifs is 4. The largest absolute Gasteiger partial charge is 0.378 e. The van der Waals surface area contributed by atoms with Gasteiger partial charge < -0.3 is 35.0 Å². The Labute approximate surface area is 273 Å². The van der Waals surface area contributed by atoms with Gasteiger partial charge >= 0.3 is 6.03 Å². The molecule has 0 spiro atoms. The lowest BCUT2D eigenvalue weighted by Gasteiger charge is -2.37. The summed E-state index contributed by atoms with van der Waals surface area (Å²) in [5.41, 5.74) is 1.91. The van der Waals surface area contributed by atoms with Crippen LogP contribution >= 0.6 is 11.3 Å². The lowest BCUT2D eigenvalue weighted by molar-refractivity contribution is -0.146. The average Bonchev–Trinajstić information content (AvgIpc) is 3.80. The van der Waals surface area contributed by atoms with E-state index in [1.54, 1.807) is 26.0 Å². The quantitative estimate of drug-likeness (QED) is 0.516. The van der Waals surface area contributed by atoms with Crippen molar-refractivity contribution in [2.24, 2.45) is 0 Å². The predicted molar refractivity (Wildman–Crippen MR) is 171 cm³/mol. The molecule has 1 aromatic heterocycles. The van der Waals surface area contributed by atoms with E-state index in [0.29, 0.717) is 65.3 Å². The third-order valence-electron chi connectivity index (χ3n) is 10.2. The number of hydrogen-bond donors (Lipinski definition) is 2. The molecule has 0 saturated carbocycles. The molecule has 2 aromatic rings. The molecule has 7 heterocycles. The summed E-state index contributed by atoms with van der Waals surface area (Å²) in [6.07, 6.45) is 2.57. The van der Waals surface area contributed by atoms with Gasteiger partial charge in [-0.05, 0) is 38.2 Å². The van der Waals surface area contributed by atoms with Gasteiger partial charge in [-0.1, -0.05) is 30.3 Å². The summed E-state index contributed by atoms with van der Waals surface area (Å²) in [6, 6.07) is 8.02. The molecule has 13 heteroatoms. The molecule has 6 bridgehead atoms. The number of piperidine rings is 1. The molecule has 0 radical (unpaired) electrons. The van der Waals surface area contributed by atoms with Gasteiger partial charge in [0, 0.05) is 68.7 Å². The number of aryl methyl sites for hydroxylation is 1. The maximum Gasteiger partial charge on any atom is 0.320 e. The maximum absolute atomic E-state index is 14.6. The third-order valence-corrected chi connectivity index (χ3v) is 11.4. The number of urea groups is 1. The zero-order valence-electron chi connectivity index (χ0n) is 26.4. The fourth-order valence-corrected chi connectivity index (χ4v) is 8.72. The minimum atomic E-state index is -0.780. The van der Waals surface area contributed by atoms with Crippen LogP contribution in [0.15, 0.2) is 30.3 Å². The number of ether oxygens (including phenoxy) is 1. The first-order valence-corrected chi connectivity index (χ1v) is 17.4. The van der Waals surface area contributed by atoms with Gasteiger partial charge in [-0.2, -0.15) is 0 Å². The summed E-state index contributed by atoms with van der Waals surface area (Å²) in [6.45, 7) is 6.25. The normalized spacial score (nSPS) is 28.8. The molecule has 4 saturated heterocycles. The Morgan fingerprint density at radius 3 is 2.52 bits per heavy atom. The predicted octanol–water partition coefficient (Wildman–Crippen LogP) is 1.48. The van der Waals surface area contributed by atoms with E-state index in [0.717, 1.165) is 34.0 Å². The van der Waals surface area contributed by atoms with Crippen molar-refractivity contribution in [2.75, 3.05) is 52.5 Å². The summed E-state index contributed by atoms with van der Waals surface area (Å²) in [5.74, 6) is -0.155. The number of aromatic nitrogens is 1. The van der Waals surface area contributed by atoms with Crippen LogP contribution in [0.5, 0.6) is 0 Å². The van der Waals surface area contributed by atoms with Crippen LogP contribution in [-0.4, -0.2) is 125 Å². The Hall–Kier alpha value is -3.55. The Morgan fingerprint density at radius 2 is 1.76 bits per heavy atom. The van der Waals surface area contributed by atoms with Crippen molar-refractivity contribution in [1.29, 1.82) is 0 Å². The molecular formula is C33H43N7O5S. The summed E-state index contributed by atoms with van der Waals surface area (Å²) < 4.78 is 5.47. The first kappa shape index (κ1) is 31.1. The number of hydrogen-bond acceptors (Lipinski definition) is 8. The summed E-state index contributed by atoms with van der Waals surface area (Å²) in [5, 5.41) is 7.73. The van der Waals surface area contributed by atoms with Crippen LogP contribution < -0.4 is 10.6 Å². The van der Waals surface area contributed by atoms with Crippen molar-refractivity contribution >= 4 is 35.1 Å². The zero-order chi connectivity index (χ0) is 31.8. The number of benzene rings is 1. The summed E-state index contributed by atoms with van der Waals surface area (Å²) in [4.78, 5) is 68.9. The Bertz CT molecular complexity index is 1460. The van der Waals surface area contributed by atoms with Gasteiger partial charge in [0.05, 0.1) is 30.3 Å². The highest BCUT2D eigenvalue weighted by Gasteiger charge is 2.49. The molecule has 12 nitrogen and oxygen atoms in total. The second kappa shape index (κ2) is 13.3. The number of morpholine rings is 1. The number of amides is 5. The fraction of sp³-hybridized carbons (Fsp3) is 0.606. The zero-order valence-corrected chi connectivity index (χ0v) is 27.2. The van der Waals surface area contributed by atoms with Gasteiger partial charge in [-0.15, -0.1) is 11.3 Å². The fourth-order valence-electron chi connectivity index (χ4n) is 7.61. The summed E-state index contributed by atoms with van der Waals surface area (Å²) >= 11 is 1.65. The number of likely N-dealkylation sites (tertiary alicyclic amines) is 1. The molecule has 46 heavy (non-hydrogen) atoms. The monoisotopic (exact) mass is 649 g/mol. The number of carbonyl (C=O) groups excluding carboxylic acids is 4. The standard InChI is InChI=1S/C33H43N7O5S/c1-21-26-17-29(41)35-25-16-28(40(20-25)33(44)38-11-13-45-14-12-38)32(43)39-19-24(34-18-22-5-3-2-4-6-22)15-27(39)31(42)37-9-7-23(8-10-37)30(36-26)46-21/h2-6,23-25,27-28,34H,7-20H2,1H3,(H,35,41)/t24-,25+,27-,28-/m0/s1. The number of nitrogens with one attached hydrogen (secondary N) is 2. The van der Waals surface area contributed by atoms with E-state index in [9.17, 15) is 19.2 Å². The van der Waals surface area contributed by atoms with Gasteiger partial charge in [0.25, 0.3) is 0 Å². The molecule has 4 fully saturated rings. The Kier molecular flexibility index (Phi) is 8.97. The molecule has 4 atom stereocenters. The van der Waals surface area contributed by atoms with Crippen molar-refractivity contribution in [1.82, 2.24) is 35.2 Å². The van der Waals surface area contributed by atoms with Crippen LogP contribution in [-0.2, 0) is 32.1 Å². The van der Waals surface area contributed by atoms with Crippen LogP contribution in [0, 0.1) is 6.92 Å². The second-order valence-electron chi connectivity index (χ2n) is 13.2. The molecule has 0 aliphatic carbocycles. The maximum atomic E-state index is 14.6. The van der Waals surface area contributed by atoms with E-state index in [1.165, 1.54) is 0 Å². The molecule has 2 N–H and O–H groups in total. The smallest absolute Gasteiger partial charge is 0.320 e. The SMILES string of the molecule is Cc1sc2nc1CC(=O)N[C@@H]1C[C@@H](C(=O)N3C[C@@H](NCc4ccccc4)C[C@H]3C(=O)N3CCC2CC3)N(C(=O)N2CCOCC2)C1. The molecular weight excluding hydrogens is 606 g/mol. The molecule has 5 amide bonds. The second-order valence-corrected chi connectivity index (χ2v) is 14.4. The van der Waals surface area contributed by atoms with E-state index in [1.807, 2.05) is 30.0 Å². The van der Waals surface area contributed by atoms with Crippen molar-refractivity contribution < 1.29 is 23.9 Å². The van der Waals surface area contributed by atoms with Crippen molar-refractivity contribution in [3.8, 4) is 0 Å². The van der Waals surface area contributed by atoms with Gasteiger partial charge in [0.1, 0.15) is 12.1 Å². The number of nitrogens with zero attached hydrogens (tertiary/aromatic N) is 5. The van der Waals surface area contributed by atoms with E-state index < -0.39 is 12.1 Å². The highest BCUT2D eigenvalue weighted by atomic mass is 32.1. The highest BCUT2D eigenvalue weighted by Crippen LogP contribution is 2.34. The lowest BCUT2D eigenvalue weighted by atomic mass is 9.96. The van der Waals surface area contributed by atoms with Crippen molar-refractivity contribution in [3.05, 3.63) is 51.5 Å². The first-order chi connectivity index (χ1) is 22.3. The average molecular weight is 650 g/mol. The Morgan fingerprint density at radius 1 is 1.00 bits per heavy atom. The van der Waals surface area contributed by atoms with Crippen molar-refractivity contribution in [2.45, 2.75) is 75.7 Å². The van der Waals surface area contributed by atoms with Gasteiger partial charge in [-0.3, -0.25) is 14.4 Å². The van der Waals surface area contributed by atoms with Crippen molar-refractivity contribution in [3.63, 3.8) is 0 Å². The van der Waals surface area contributed by atoms with Gasteiger partial charge in [-0.25, -0.2) is 9.78 Å². The third kappa shape index (κ3) is 6.37. The highest BCUT2D eigenvalue weighted by molar-refractivity contribution is 7.11. The van der Waals surface area contributed by atoms with Gasteiger partial charge in [0.2, 0.25) is 17.7 Å². The van der Waals surface area contributed by atoms with E-state index in [4.69, 9.17) is 9.72 Å². The van der Waals surface area contributed by atoms with Crippen LogP contribution in [0.3, 0.4) is 0 Å². The topological polar surface area (TPSA) is 127 Å². The minimum Gasteiger partial charge on any atom is -0.378 e. The molecule has 0 unspecified atom stereocenters. The van der Waals surface area contributed by atoms with Gasteiger partial charge in [0.15, 0.2) is 0 Å². The Balaban J connectivity index is 1.19. The summed E-state index contributed by atoms with van der Waals surface area (Å²) in [7, 11) is 0. The van der Waals surface area contributed by atoms with Crippen LogP contribution in [0.1, 0.15) is 52.7 Å².